The van der Waals surface area contributed by atoms with Crippen LogP contribution in [0.1, 0.15) is 37.1 Å². The Hall–Kier alpha value is -1.87. The number of aromatic nitrogens is 2. The zero-order valence-corrected chi connectivity index (χ0v) is 18.2. The van der Waals surface area contributed by atoms with Crippen molar-refractivity contribution in [3.8, 4) is 0 Å². The lowest BCUT2D eigenvalue weighted by Crippen LogP contribution is -2.46. The van der Waals surface area contributed by atoms with Gasteiger partial charge < -0.3 is 10.1 Å². The van der Waals surface area contributed by atoms with Crippen LogP contribution in [0.15, 0.2) is 9.95 Å². The number of nitrogens with one attached hydrogen (secondary N) is 1. The van der Waals surface area contributed by atoms with E-state index in [1.54, 1.807) is 18.4 Å². The highest BCUT2D eigenvalue weighted by atomic mass is 32.2. The molecule has 2 heterocycles. The lowest BCUT2D eigenvalue weighted by molar-refractivity contribution is -0.146. The maximum atomic E-state index is 12.8. The van der Waals surface area contributed by atoms with E-state index in [1.807, 2.05) is 13.8 Å². The first-order chi connectivity index (χ1) is 13.4. The highest BCUT2D eigenvalue weighted by Crippen LogP contribution is 2.35. The highest BCUT2D eigenvalue weighted by Gasteiger charge is 2.27. The number of carbonyl (C=O) groups is 2. The van der Waals surface area contributed by atoms with Crippen molar-refractivity contribution in [3.63, 3.8) is 0 Å². The molecule has 0 radical (unpaired) electrons. The van der Waals surface area contributed by atoms with Crippen LogP contribution in [-0.2, 0) is 34.2 Å². The molecule has 3 rings (SSSR count). The molecule has 0 aromatic carbocycles. The van der Waals surface area contributed by atoms with Crippen molar-refractivity contribution < 1.29 is 14.3 Å². The molecule has 28 heavy (non-hydrogen) atoms. The zero-order valence-electron chi connectivity index (χ0n) is 16.5. The van der Waals surface area contributed by atoms with Crippen molar-refractivity contribution >= 4 is 45.2 Å². The molecule has 9 heteroatoms. The van der Waals surface area contributed by atoms with Gasteiger partial charge in [-0.2, -0.15) is 0 Å². The van der Waals surface area contributed by atoms with Crippen LogP contribution in [-0.4, -0.2) is 40.3 Å². The van der Waals surface area contributed by atoms with Crippen molar-refractivity contribution in [1.82, 2.24) is 14.9 Å². The monoisotopic (exact) mass is 423 g/mol. The molecule has 1 aliphatic rings. The van der Waals surface area contributed by atoms with Crippen LogP contribution >= 0.6 is 23.1 Å². The molecule has 0 fully saturated rings. The van der Waals surface area contributed by atoms with Crippen LogP contribution in [0.4, 0.5) is 0 Å². The Morgan fingerprint density at radius 1 is 1.39 bits per heavy atom. The van der Waals surface area contributed by atoms with Crippen molar-refractivity contribution in [1.29, 1.82) is 0 Å². The number of aryl methyl sites for hydroxylation is 2. The number of ether oxygens (including phenoxy) is 1. The SMILES string of the molecule is CC[C@H](C)[C@H](NC(=O)CSc1nc2sc3c(c2c(=O)n1C)CCC3)C(=O)OC. The van der Waals surface area contributed by atoms with Crippen LogP contribution in [0.2, 0.25) is 0 Å². The summed E-state index contributed by atoms with van der Waals surface area (Å²) in [6.45, 7) is 3.85. The molecule has 0 spiro atoms. The summed E-state index contributed by atoms with van der Waals surface area (Å²) in [5.74, 6) is -0.703. The fraction of sp³-hybridized carbons (Fsp3) is 0.579. The largest absolute Gasteiger partial charge is 0.467 e. The second-order valence-electron chi connectivity index (χ2n) is 7.04. The third-order valence-electron chi connectivity index (χ3n) is 5.22. The van der Waals surface area contributed by atoms with E-state index < -0.39 is 12.0 Å². The normalized spacial score (nSPS) is 15.3. The summed E-state index contributed by atoms with van der Waals surface area (Å²) in [6, 6.07) is -0.678. The average Bonchev–Trinajstić information content (AvgIpc) is 3.27. The molecule has 0 unspecified atom stereocenters. The van der Waals surface area contributed by atoms with E-state index in [0.717, 1.165) is 41.5 Å². The number of esters is 1. The van der Waals surface area contributed by atoms with E-state index in [1.165, 1.54) is 28.3 Å². The van der Waals surface area contributed by atoms with Gasteiger partial charge in [0.2, 0.25) is 5.91 Å². The van der Waals surface area contributed by atoms with Crippen LogP contribution in [0, 0.1) is 5.92 Å². The number of amides is 1. The van der Waals surface area contributed by atoms with Crippen molar-refractivity contribution in [2.24, 2.45) is 13.0 Å². The number of carbonyl (C=O) groups excluding carboxylic acids is 2. The number of thioether (sulfide) groups is 1. The first kappa shape index (κ1) is 20.9. The summed E-state index contributed by atoms with van der Waals surface area (Å²) in [5, 5.41) is 3.98. The van der Waals surface area contributed by atoms with Crippen LogP contribution in [0.5, 0.6) is 0 Å². The van der Waals surface area contributed by atoms with Crippen molar-refractivity contribution in [3.05, 3.63) is 20.8 Å². The van der Waals surface area contributed by atoms with Gasteiger partial charge in [0.15, 0.2) is 5.16 Å². The van der Waals surface area contributed by atoms with Crippen molar-refractivity contribution in [2.45, 2.75) is 50.7 Å². The molecule has 7 nitrogen and oxygen atoms in total. The van der Waals surface area contributed by atoms with Gasteiger partial charge in [-0.05, 0) is 30.7 Å². The maximum absolute atomic E-state index is 12.8. The first-order valence-corrected chi connectivity index (χ1v) is 11.2. The first-order valence-electron chi connectivity index (χ1n) is 9.38. The summed E-state index contributed by atoms with van der Waals surface area (Å²) in [5.41, 5.74) is 1.09. The smallest absolute Gasteiger partial charge is 0.328 e. The number of methoxy groups -OCH3 is 1. The number of fused-ring (bicyclic) bond motifs is 3. The topological polar surface area (TPSA) is 90.3 Å². The Labute approximate surface area is 171 Å². The minimum Gasteiger partial charge on any atom is -0.467 e. The average molecular weight is 424 g/mol. The molecule has 1 amide bonds. The Kier molecular flexibility index (Phi) is 6.44. The minimum atomic E-state index is -0.678. The summed E-state index contributed by atoms with van der Waals surface area (Å²) >= 11 is 2.78. The van der Waals surface area contributed by atoms with Crippen LogP contribution in [0.3, 0.4) is 0 Å². The molecule has 0 saturated heterocycles. The fourth-order valence-corrected chi connectivity index (χ4v) is 5.46. The molecule has 1 aliphatic carbocycles. The standard InChI is InChI=1S/C19H25N3O4S2/c1-5-10(2)15(18(25)26-4)20-13(23)9-27-19-21-16-14(17(24)22(19)3)11-7-6-8-12(11)28-16/h10,15H,5-9H2,1-4H3,(H,20,23)/t10-,15-/m0/s1. The molecule has 0 aliphatic heterocycles. The van der Waals surface area contributed by atoms with E-state index in [4.69, 9.17) is 4.74 Å². The Morgan fingerprint density at radius 2 is 2.14 bits per heavy atom. The zero-order chi connectivity index (χ0) is 20.4. The van der Waals surface area contributed by atoms with Gasteiger partial charge in [-0.25, -0.2) is 9.78 Å². The van der Waals surface area contributed by atoms with Gasteiger partial charge in [0, 0.05) is 11.9 Å². The van der Waals surface area contributed by atoms with Gasteiger partial charge in [0.1, 0.15) is 10.9 Å². The minimum absolute atomic E-state index is 0.0336. The third kappa shape index (κ3) is 3.96. The number of thiophene rings is 1. The fourth-order valence-electron chi connectivity index (χ4n) is 3.38. The molecule has 152 valence electrons. The van der Waals surface area contributed by atoms with E-state index in [2.05, 4.69) is 10.3 Å². The van der Waals surface area contributed by atoms with Crippen LogP contribution in [0.25, 0.3) is 10.2 Å². The lowest BCUT2D eigenvalue weighted by Gasteiger charge is -2.21. The summed E-state index contributed by atoms with van der Waals surface area (Å²) in [6.07, 6.45) is 3.78. The summed E-state index contributed by atoms with van der Waals surface area (Å²) < 4.78 is 6.31. The van der Waals surface area contributed by atoms with E-state index in [9.17, 15) is 14.4 Å². The predicted molar refractivity (Wildman–Crippen MR) is 111 cm³/mol. The van der Waals surface area contributed by atoms with E-state index in [0.29, 0.717) is 5.16 Å². The van der Waals surface area contributed by atoms with Gasteiger partial charge in [0.25, 0.3) is 5.56 Å². The molecule has 2 aromatic rings. The molecule has 0 saturated carbocycles. The molecule has 1 N–H and O–H groups in total. The molecular formula is C19H25N3O4S2. The summed E-state index contributed by atoms with van der Waals surface area (Å²) in [7, 11) is 3.00. The second-order valence-corrected chi connectivity index (χ2v) is 9.06. The number of nitrogens with zero attached hydrogens (tertiary/aromatic N) is 2. The maximum Gasteiger partial charge on any atom is 0.328 e. The molecular weight excluding hydrogens is 398 g/mol. The Bertz CT molecular complexity index is 966. The van der Waals surface area contributed by atoms with E-state index in [-0.39, 0.29) is 23.1 Å². The van der Waals surface area contributed by atoms with Gasteiger partial charge in [-0.15, -0.1) is 11.3 Å². The highest BCUT2D eigenvalue weighted by molar-refractivity contribution is 7.99. The van der Waals surface area contributed by atoms with Gasteiger partial charge in [-0.3, -0.25) is 14.2 Å². The van der Waals surface area contributed by atoms with E-state index >= 15 is 0 Å². The van der Waals surface area contributed by atoms with Crippen LogP contribution < -0.4 is 10.9 Å². The second kappa shape index (κ2) is 8.65. The number of hydrogen-bond donors (Lipinski definition) is 1. The predicted octanol–water partition coefficient (Wildman–Crippen LogP) is 2.28. The van der Waals surface area contributed by atoms with Gasteiger partial charge in [0.05, 0.1) is 18.2 Å². The molecule has 0 bridgehead atoms. The van der Waals surface area contributed by atoms with Crippen molar-refractivity contribution in [2.75, 3.05) is 12.9 Å². The van der Waals surface area contributed by atoms with Gasteiger partial charge in [-0.1, -0.05) is 32.0 Å². The number of hydrogen-bond acceptors (Lipinski definition) is 7. The van der Waals surface area contributed by atoms with Gasteiger partial charge >= 0.3 is 5.97 Å². The molecule has 2 atom stereocenters. The molecule has 2 aromatic heterocycles. The Morgan fingerprint density at radius 3 is 2.82 bits per heavy atom. The number of rotatable bonds is 7. The third-order valence-corrected chi connectivity index (χ3v) is 7.44. The Balaban J connectivity index is 1.74. The summed E-state index contributed by atoms with van der Waals surface area (Å²) in [4.78, 5) is 43.8. The lowest BCUT2D eigenvalue weighted by atomic mass is 9.99. The quantitative estimate of drug-likeness (QED) is 0.417.